The number of nitrogens with zero attached hydrogens (tertiary/aromatic N) is 9. The van der Waals surface area contributed by atoms with Crippen LogP contribution in [0.25, 0.3) is 94.9 Å². The Labute approximate surface area is 361 Å². The average molecular weight is 816 g/mol. The Morgan fingerprint density at radius 3 is 1.27 bits per heavy atom. The van der Waals surface area contributed by atoms with E-state index >= 15 is 0 Å². The lowest BCUT2D eigenvalue weighted by Gasteiger charge is -2.04. The van der Waals surface area contributed by atoms with Crippen LogP contribution < -0.4 is 0 Å². The van der Waals surface area contributed by atoms with E-state index in [1.807, 2.05) is 24.3 Å². The van der Waals surface area contributed by atoms with Gasteiger partial charge in [-0.05, 0) is 122 Å². The summed E-state index contributed by atoms with van der Waals surface area (Å²) in [5.74, 6) is 2.91. The van der Waals surface area contributed by atoms with Gasteiger partial charge in [0.1, 0.15) is 0 Å². The smallest absolute Gasteiger partial charge is 0.220 e. The van der Waals surface area contributed by atoms with Gasteiger partial charge in [-0.1, -0.05) is 97.1 Å². The van der Waals surface area contributed by atoms with Gasteiger partial charge in [0.25, 0.3) is 0 Å². The number of aryl methyl sites for hydroxylation is 3. The number of para-hydroxylation sites is 10. The van der Waals surface area contributed by atoms with Crippen molar-refractivity contribution in [1.29, 1.82) is 0 Å². The van der Waals surface area contributed by atoms with Crippen LogP contribution in [0.2, 0.25) is 0 Å². The molecule has 0 N–H and O–H groups in total. The lowest BCUT2D eigenvalue weighted by atomic mass is 10.2. The van der Waals surface area contributed by atoms with Crippen LogP contribution in [0.5, 0.6) is 0 Å². The fourth-order valence-corrected chi connectivity index (χ4v) is 9.20. The van der Waals surface area contributed by atoms with E-state index in [4.69, 9.17) is 9.97 Å². The molecule has 0 unspecified atom stereocenters. The van der Waals surface area contributed by atoms with Gasteiger partial charge in [-0.25, -0.2) is 15.0 Å². The molecule has 0 saturated carbocycles. The quantitative estimate of drug-likeness (QED) is 0.175. The van der Waals surface area contributed by atoms with Gasteiger partial charge < -0.3 is 4.57 Å². The molecule has 9 heteroatoms. The highest BCUT2D eigenvalue weighted by atomic mass is 15.2. The van der Waals surface area contributed by atoms with Gasteiger partial charge in [0.2, 0.25) is 17.3 Å². The summed E-state index contributed by atoms with van der Waals surface area (Å²) in [6, 6.07) is 67.2. The van der Waals surface area contributed by atoms with Crippen molar-refractivity contribution in [2.45, 2.75) is 13.8 Å². The number of imidazole rings is 6. The minimum Gasteiger partial charge on any atom is -0.313 e. The third-order valence-electron chi connectivity index (χ3n) is 12.1. The normalized spacial score (nSPS) is 11.7. The third-order valence-corrected chi connectivity index (χ3v) is 12.1. The number of fused-ring (bicyclic) bond motifs is 15. The van der Waals surface area contributed by atoms with Crippen molar-refractivity contribution in [1.82, 2.24) is 41.9 Å². The van der Waals surface area contributed by atoms with E-state index in [0.29, 0.717) is 0 Å². The van der Waals surface area contributed by atoms with E-state index in [9.17, 15) is 0 Å². The van der Waals surface area contributed by atoms with Gasteiger partial charge in [-0.2, -0.15) is 0 Å². The molecule has 14 rings (SSSR count). The van der Waals surface area contributed by atoms with Crippen LogP contribution in [0.1, 0.15) is 11.1 Å². The van der Waals surface area contributed by atoms with Crippen LogP contribution in [-0.4, -0.2) is 41.9 Å². The fraction of sp³-hybridized carbons (Fsp3) is 0.0556. The van der Waals surface area contributed by atoms with Crippen molar-refractivity contribution < 1.29 is 0 Å². The molecule has 0 radical (unpaired) electrons. The Bertz CT molecular complexity index is 4010. The summed E-state index contributed by atoms with van der Waals surface area (Å²) in [7, 11) is 2.06. The Morgan fingerprint density at radius 1 is 0.302 bits per heavy atom. The molecular weight excluding hydrogens is 775 g/mol. The van der Waals surface area contributed by atoms with Crippen molar-refractivity contribution in [3.8, 4) is 11.4 Å². The van der Waals surface area contributed by atoms with Gasteiger partial charge in [0.15, 0.2) is 0 Å². The first-order valence-corrected chi connectivity index (χ1v) is 21.2. The highest BCUT2D eigenvalue weighted by molar-refractivity contribution is 5.94. The topological polar surface area (TPSA) is 66.7 Å². The van der Waals surface area contributed by atoms with Crippen LogP contribution in [-0.2, 0) is 7.05 Å². The molecule has 6 heterocycles. The molecule has 8 aromatic carbocycles. The first kappa shape index (κ1) is 36.4. The van der Waals surface area contributed by atoms with Crippen LogP contribution in [0, 0.1) is 13.8 Å². The Kier molecular flexibility index (Phi) is 8.30. The minimum absolute atomic E-state index is 0.956. The lowest BCUT2D eigenvalue weighted by Crippen LogP contribution is -1.94. The van der Waals surface area contributed by atoms with Crippen LogP contribution in [0.4, 0.5) is 0 Å². The molecule has 0 aliphatic carbocycles. The lowest BCUT2D eigenvalue weighted by molar-refractivity contribution is 0.973. The molecule has 0 amide bonds. The van der Waals surface area contributed by atoms with E-state index in [-0.39, 0.29) is 0 Å². The minimum atomic E-state index is 0.956. The van der Waals surface area contributed by atoms with Crippen molar-refractivity contribution >= 4 is 83.5 Å². The van der Waals surface area contributed by atoms with E-state index in [2.05, 4.69) is 223 Å². The Morgan fingerprint density at radius 2 is 0.683 bits per heavy atom. The molecule has 0 bridgehead atoms. The monoisotopic (exact) mass is 815 g/mol. The molecule has 0 aliphatic heterocycles. The van der Waals surface area contributed by atoms with Crippen LogP contribution >= 0.6 is 0 Å². The van der Waals surface area contributed by atoms with Crippen molar-refractivity contribution in [2.75, 3.05) is 0 Å². The Balaban J connectivity index is 0.000000102. The van der Waals surface area contributed by atoms with Gasteiger partial charge in [-0.3, -0.25) is 22.3 Å². The predicted octanol–water partition coefficient (Wildman–Crippen LogP) is 12.5. The van der Waals surface area contributed by atoms with E-state index in [0.717, 1.165) is 56.3 Å². The maximum atomic E-state index is 4.90. The molecule has 302 valence electrons. The summed E-state index contributed by atoms with van der Waals surface area (Å²) >= 11 is 0. The molecular formula is C54H41N9. The molecule has 0 saturated heterocycles. The van der Waals surface area contributed by atoms with Crippen molar-refractivity contribution in [2.24, 2.45) is 7.05 Å². The number of hydrogen-bond acceptors (Lipinski definition) is 3. The summed E-state index contributed by atoms with van der Waals surface area (Å²) in [5.41, 5.74) is 18.5. The second kappa shape index (κ2) is 14.4. The first-order chi connectivity index (χ1) is 31.0. The van der Waals surface area contributed by atoms with Crippen molar-refractivity contribution in [3.05, 3.63) is 205 Å². The van der Waals surface area contributed by atoms with Crippen molar-refractivity contribution in [3.63, 3.8) is 0 Å². The van der Waals surface area contributed by atoms with E-state index in [1.165, 1.54) is 49.7 Å². The number of hydrogen-bond donors (Lipinski definition) is 0. The zero-order valence-corrected chi connectivity index (χ0v) is 35.0. The Hall–Kier alpha value is -8.43. The molecule has 0 atom stereocenters. The van der Waals surface area contributed by atoms with E-state index in [1.54, 1.807) is 0 Å². The van der Waals surface area contributed by atoms with Crippen LogP contribution in [0.15, 0.2) is 194 Å². The highest BCUT2D eigenvalue weighted by Gasteiger charge is 2.18. The predicted molar refractivity (Wildman–Crippen MR) is 258 cm³/mol. The largest absolute Gasteiger partial charge is 0.313 e. The summed E-state index contributed by atoms with van der Waals surface area (Å²) in [6.07, 6.45) is 0. The molecule has 0 fully saturated rings. The van der Waals surface area contributed by atoms with E-state index < -0.39 is 0 Å². The van der Waals surface area contributed by atoms with Gasteiger partial charge in [0.05, 0.1) is 66.2 Å². The van der Waals surface area contributed by atoms with Crippen LogP contribution in [0.3, 0.4) is 0 Å². The molecule has 63 heavy (non-hydrogen) atoms. The number of benzene rings is 8. The first-order valence-electron chi connectivity index (χ1n) is 21.2. The second-order valence-corrected chi connectivity index (χ2v) is 16.1. The standard InChI is InChI=1S/2C20H15N3.C14H11N3/c1-14-11-12-16-19(13-14)23-18-10-6-5-9-17(18)22(20(23)21-16)15-7-3-2-4-8-15;1-14-11-12-18-19(13-14)23-17-10-6-5-9-16(17)21-20(23)22(18)15-7-3-2-4-8-15;1-16-12-8-4-5-9-13(12)17-11-7-3-2-6-10(11)15-14(16)17/h2*2-13H,1H3;2-9H,1H3. The summed E-state index contributed by atoms with van der Waals surface area (Å²) in [4.78, 5) is 14.5. The molecule has 14 aromatic rings. The number of rotatable bonds is 2. The zero-order valence-electron chi connectivity index (χ0n) is 35.0. The molecule has 6 aromatic heterocycles. The second-order valence-electron chi connectivity index (χ2n) is 16.1. The summed E-state index contributed by atoms with van der Waals surface area (Å²) in [5, 5.41) is 0. The number of aromatic nitrogens is 9. The molecule has 0 aliphatic rings. The maximum absolute atomic E-state index is 4.90. The van der Waals surface area contributed by atoms with Gasteiger partial charge >= 0.3 is 0 Å². The SMILES string of the molecule is Cc1ccc2c(c1)n1c3ccccc3nc1n2-c1ccccc1.Cc1ccc2nc3n(-c4ccccc4)c4ccccc4n3c2c1.Cn1c2ccccc2n2c3ccccc3nc12. The summed E-state index contributed by atoms with van der Waals surface area (Å²) in [6.45, 7) is 4.25. The van der Waals surface area contributed by atoms with Gasteiger partial charge in [0, 0.05) is 18.4 Å². The zero-order chi connectivity index (χ0) is 42.2. The summed E-state index contributed by atoms with van der Waals surface area (Å²) < 4.78 is 13.3. The molecule has 9 nitrogen and oxygen atoms in total. The fourth-order valence-electron chi connectivity index (χ4n) is 9.20. The average Bonchev–Trinajstić information content (AvgIpc) is 4.16. The van der Waals surface area contributed by atoms with Gasteiger partial charge in [-0.15, -0.1) is 0 Å². The third kappa shape index (κ3) is 5.74. The maximum Gasteiger partial charge on any atom is 0.220 e. The highest BCUT2D eigenvalue weighted by Crippen LogP contribution is 2.31. The molecule has 0 spiro atoms.